The highest BCUT2D eigenvalue weighted by molar-refractivity contribution is 7.99. The predicted molar refractivity (Wildman–Crippen MR) is 101 cm³/mol. The van der Waals surface area contributed by atoms with E-state index in [1.807, 2.05) is 23.7 Å². The van der Waals surface area contributed by atoms with Crippen molar-refractivity contribution in [1.29, 1.82) is 0 Å². The molecular weight excluding hydrogens is 332 g/mol. The second kappa shape index (κ2) is 6.37. The number of rotatable bonds is 3. The van der Waals surface area contributed by atoms with Crippen LogP contribution in [0.5, 0.6) is 5.75 Å². The maximum Gasteiger partial charge on any atom is 0.212 e. The summed E-state index contributed by atoms with van der Waals surface area (Å²) in [6, 6.07) is 14.5. The number of thioether (sulfide) groups is 1. The summed E-state index contributed by atoms with van der Waals surface area (Å²) in [5, 5.41) is 14.3. The number of nitrogens with zero attached hydrogens (tertiary/aromatic N) is 4. The molecule has 25 heavy (non-hydrogen) atoms. The lowest BCUT2D eigenvalue weighted by atomic mass is 10.1. The number of hydrogen-bond donors (Lipinski definition) is 0. The van der Waals surface area contributed by atoms with Gasteiger partial charge < -0.3 is 4.74 Å². The average Bonchev–Trinajstić information content (AvgIpc) is 3.05. The van der Waals surface area contributed by atoms with E-state index >= 15 is 0 Å². The number of benzene rings is 2. The van der Waals surface area contributed by atoms with E-state index in [0.29, 0.717) is 5.82 Å². The molecule has 126 valence electrons. The Morgan fingerprint density at radius 1 is 1.00 bits per heavy atom. The molecule has 3 aromatic rings. The Labute approximate surface area is 150 Å². The molecule has 0 radical (unpaired) electrons. The SMILES string of the molecule is COc1ccc(C)cc1-c1nnc2n1N=C(c1ccc(C)cc1)CS2. The molecule has 0 bridgehead atoms. The molecule has 0 saturated carbocycles. The molecule has 0 N–H and O–H groups in total. The third-order valence-electron chi connectivity index (χ3n) is 4.15. The lowest BCUT2D eigenvalue weighted by molar-refractivity contribution is 0.416. The van der Waals surface area contributed by atoms with Crippen molar-refractivity contribution >= 4 is 17.5 Å². The summed E-state index contributed by atoms with van der Waals surface area (Å²) in [6.07, 6.45) is 0. The Balaban J connectivity index is 1.82. The maximum atomic E-state index is 5.50. The quantitative estimate of drug-likeness (QED) is 0.718. The van der Waals surface area contributed by atoms with Gasteiger partial charge in [-0.15, -0.1) is 10.2 Å². The van der Waals surface area contributed by atoms with Crippen LogP contribution in [0.2, 0.25) is 0 Å². The van der Waals surface area contributed by atoms with Crippen LogP contribution in [-0.4, -0.2) is 33.4 Å². The zero-order valence-corrected chi connectivity index (χ0v) is 15.2. The van der Waals surface area contributed by atoms with Crippen LogP contribution in [0.1, 0.15) is 16.7 Å². The molecule has 1 aliphatic heterocycles. The highest BCUT2D eigenvalue weighted by Crippen LogP contribution is 2.33. The van der Waals surface area contributed by atoms with Crippen molar-refractivity contribution in [3.8, 4) is 17.1 Å². The van der Waals surface area contributed by atoms with Gasteiger partial charge in [-0.05, 0) is 31.5 Å². The molecule has 0 atom stereocenters. The fourth-order valence-electron chi connectivity index (χ4n) is 2.78. The Bertz CT molecular complexity index is 960. The number of aryl methyl sites for hydroxylation is 2. The van der Waals surface area contributed by atoms with Crippen LogP contribution in [0.15, 0.2) is 52.7 Å². The van der Waals surface area contributed by atoms with Crippen LogP contribution >= 0.6 is 11.8 Å². The smallest absolute Gasteiger partial charge is 0.212 e. The van der Waals surface area contributed by atoms with Gasteiger partial charge in [0.15, 0.2) is 5.82 Å². The highest BCUT2D eigenvalue weighted by atomic mass is 32.2. The van der Waals surface area contributed by atoms with Gasteiger partial charge in [0, 0.05) is 5.75 Å². The van der Waals surface area contributed by atoms with E-state index in [1.54, 1.807) is 18.9 Å². The number of aromatic nitrogens is 3. The van der Waals surface area contributed by atoms with E-state index in [9.17, 15) is 0 Å². The van der Waals surface area contributed by atoms with Gasteiger partial charge in [0.2, 0.25) is 5.16 Å². The molecule has 0 aliphatic carbocycles. The Morgan fingerprint density at radius 2 is 1.76 bits per heavy atom. The third kappa shape index (κ3) is 2.93. The average molecular weight is 350 g/mol. The molecule has 0 saturated heterocycles. The van der Waals surface area contributed by atoms with Gasteiger partial charge in [0.25, 0.3) is 0 Å². The number of hydrogen-bond acceptors (Lipinski definition) is 5. The molecule has 0 amide bonds. The molecule has 6 heteroatoms. The molecule has 0 spiro atoms. The zero-order chi connectivity index (χ0) is 17.4. The first-order valence-corrected chi connectivity index (χ1v) is 9.02. The normalized spacial score (nSPS) is 13.3. The fraction of sp³-hybridized carbons (Fsp3) is 0.211. The first-order chi connectivity index (χ1) is 12.2. The van der Waals surface area contributed by atoms with Crippen molar-refractivity contribution in [1.82, 2.24) is 14.9 Å². The first kappa shape index (κ1) is 15.9. The summed E-state index contributed by atoms with van der Waals surface area (Å²) in [5.74, 6) is 2.25. The van der Waals surface area contributed by atoms with Crippen LogP contribution in [0.4, 0.5) is 0 Å². The number of methoxy groups -OCH3 is 1. The molecule has 2 heterocycles. The molecule has 1 aliphatic rings. The molecule has 1 aromatic heterocycles. The summed E-state index contributed by atoms with van der Waals surface area (Å²) in [7, 11) is 1.66. The van der Waals surface area contributed by atoms with Gasteiger partial charge in [0.1, 0.15) is 5.75 Å². The van der Waals surface area contributed by atoms with Crippen molar-refractivity contribution in [3.63, 3.8) is 0 Å². The van der Waals surface area contributed by atoms with E-state index in [0.717, 1.165) is 39.1 Å². The highest BCUT2D eigenvalue weighted by Gasteiger charge is 2.22. The summed E-state index contributed by atoms with van der Waals surface area (Å²) >= 11 is 1.65. The van der Waals surface area contributed by atoms with Crippen molar-refractivity contribution in [3.05, 3.63) is 59.2 Å². The van der Waals surface area contributed by atoms with E-state index < -0.39 is 0 Å². The number of ether oxygens (including phenoxy) is 1. The summed E-state index contributed by atoms with van der Waals surface area (Å²) in [4.78, 5) is 0. The standard InChI is InChI=1S/C19H18N4OS/c1-12-4-7-14(8-5-12)16-11-25-19-21-20-18(23(19)22-16)15-10-13(2)6-9-17(15)24-3/h4-10H,11H2,1-3H3. The van der Waals surface area contributed by atoms with Gasteiger partial charge in [-0.3, -0.25) is 0 Å². The fourth-order valence-corrected chi connectivity index (χ4v) is 3.62. The summed E-state index contributed by atoms with van der Waals surface area (Å²) in [6.45, 7) is 4.13. The summed E-state index contributed by atoms with van der Waals surface area (Å²) < 4.78 is 7.32. The van der Waals surface area contributed by atoms with Gasteiger partial charge in [0.05, 0.1) is 18.4 Å². The lowest BCUT2D eigenvalue weighted by Gasteiger charge is -2.15. The van der Waals surface area contributed by atoms with E-state index in [1.165, 1.54) is 5.56 Å². The second-order valence-electron chi connectivity index (χ2n) is 6.02. The second-order valence-corrected chi connectivity index (χ2v) is 6.97. The van der Waals surface area contributed by atoms with Crippen LogP contribution in [0.25, 0.3) is 11.4 Å². The van der Waals surface area contributed by atoms with Crippen molar-refractivity contribution in [2.45, 2.75) is 19.0 Å². The first-order valence-electron chi connectivity index (χ1n) is 8.04. The van der Waals surface area contributed by atoms with Crippen LogP contribution in [0.3, 0.4) is 0 Å². The summed E-state index contributed by atoms with van der Waals surface area (Å²) in [5.41, 5.74) is 5.42. The Hall–Kier alpha value is -2.60. The van der Waals surface area contributed by atoms with Gasteiger partial charge in [-0.2, -0.15) is 9.78 Å². The molecule has 0 unspecified atom stereocenters. The number of fused-ring (bicyclic) bond motifs is 1. The molecule has 4 rings (SSSR count). The van der Waals surface area contributed by atoms with Crippen LogP contribution in [-0.2, 0) is 0 Å². The molecule has 2 aromatic carbocycles. The minimum Gasteiger partial charge on any atom is -0.496 e. The van der Waals surface area contributed by atoms with E-state index in [2.05, 4.69) is 47.5 Å². The van der Waals surface area contributed by atoms with Crippen molar-refractivity contribution in [2.24, 2.45) is 5.10 Å². The van der Waals surface area contributed by atoms with E-state index in [-0.39, 0.29) is 0 Å². The Morgan fingerprint density at radius 3 is 2.52 bits per heavy atom. The maximum absolute atomic E-state index is 5.50. The minimum absolute atomic E-state index is 0.701. The third-order valence-corrected chi connectivity index (χ3v) is 5.08. The van der Waals surface area contributed by atoms with Crippen LogP contribution < -0.4 is 4.74 Å². The minimum atomic E-state index is 0.701. The largest absolute Gasteiger partial charge is 0.496 e. The molecule has 0 fully saturated rings. The zero-order valence-electron chi connectivity index (χ0n) is 14.4. The van der Waals surface area contributed by atoms with Crippen molar-refractivity contribution in [2.75, 3.05) is 12.9 Å². The topological polar surface area (TPSA) is 52.3 Å². The van der Waals surface area contributed by atoms with Crippen LogP contribution in [0, 0.1) is 13.8 Å². The van der Waals surface area contributed by atoms with Gasteiger partial charge in [-0.1, -0.05) is 53.2 Å². The van der Waals surface area contributed by atoms with E-state index in [4.69, 9.17) is 9.84 Å². The molecular formula is C19H18N4OS. The van der Waals surface area contributed by atoms with Crippen molar-refractivity contribution < 1.29 is 4.74 Å². The molecule has 5 nitrogen and oxygen atoms in total. The van der Waals surface area contributed by atoms with Gasteiger partial charge in [-0.25, -0.2) is 0 Å². The lowest BCUT2D eigenvalue weighted by Crippen LogP contribution is -2.13. The Kier molecular flexibility index (Phi) is 4.05. The predicted octanol–water partition coefficient (Wildman–Crippen LogP) is 3.93. The van der Waals surface area contributed by atoms with Gasteiger partial charge >= 0.3 is 0 Å². The monoisotopic (exact) mass is 350 g/mol.